The second kappa shape index (κ2) is 6.45. The average molecular weight is 278 g/mol. The Bertz CT molecular complexity index is 558. The second-order valence-corrected chi connectivity index (χ2v) is 4.64. The molecule has 0 saturated heterocycles. The van der Waals surface area contributed by atoms with Crippen LogP contribution in [0.2, 0.25) is 5.02 Å². The summed E-state index contributed by atoms with van der Waals surface area (Å²) in [7, 11) is 1.67. The maximum Gasteiger partial charge on any atom is 0.139 e. The summed E-state index contributed by atoms with van der Waals surface area (Å²) in [6.45, 7) is 1.10. The Labute approximate surface area is 117 Å². The van der Waals surface area contributed by atoms with E-state index in [0.29, 0.717) is 18.2 Å². The molecule has 0 aliphatic carbocycles. The van der Waals surface area contributed by atoms with E-state index in [0.717, 1.165) is 16.8 Å². The molecule has 0 aromatic heterocycles. The van der Waals surface area contributed by atoms with Gasteiger partial charge in [0, 0.05) is 24.9 Å². The highest BCUT2D eigenvalue weighted by molar-refractivity contribution is 6.32. The number of anilines is 1. The average Bonchev–Trinajstić information content (AvgIpc) is 2.41. The van der Waals surface area contributed by atoms with Crippen molar-refractivity contribution >= 4 is 17.3 Å². The number of ether oxygens (including phenoxy) is 1. The molecule has 0 heterocycles. The van der Waals surface area contributed by atoms with Crippen molar-refractivity contribution in [2.24, 2.45) is 0 Å². The van der Waals surface area contributed by atoms with Crippen molar-refractivity contribution < 1.29 is 9.84 Å². The third-order valence-corrected chi connectivity index (χ3v) is 3.10. The fourth-order valence-electron chi connectivity index (χ4n) is 1.84. The number of phenolic OH excluding ortho intramolecular Hbond substituents is 1. The highest BCUT2D eigenvalue weighted by Crippen LogP contribution is 2.27. The lowest BCUT2D eigenvalue weighted by Gasteiger charge is -2.10. The zero-order valence-electron chi connectivity index (χ0n) is 10.7. The number of hydrogen-bond acceptors (Lipinski definition) is 3. The molecule has 100 valence electrons. The number of nitrogens with one attached hydrogen (secondary N) is 1. The number of halogens is 1. The maximum absolute atomic E-state index is 9.82. The van der Waals surface area contributed by atoms with Crippen molar-refractivity contribution in [2.45, 2.75) is 13.2 Å². The normalized spacial score (nSPS) is 10.4. The molecule has 0 saturated carbocycles. The zero-order valence-corrected chi connectivity index (χ0v) is 11.4. The largest absolute Gasteiger partial charge is 0.506 e. The van der Waals surface area contributed by atoms with Crippen molar-refractivity contribution in [3.63, 3.8) is 0 Å². The van der Waals surface area contributed by atoms with Gasteiger partial charge in [-0.25, -0.2) is 0 Å². The van der Waals surface area contributed by atoms with E-state index in [1.807, 2.05) is 36.4 Å². The molecule has 0 radical (unpaired) electrons. The van der Waals surface area contributed by atoms with E-state index in [4.69, 9.17) is 16.3 Å². The van der Waals surface area contributed by atoms with Gasteiger partial charge in [0.25, 0.3) is 0 Å². The fraction of sp³-hybridized carbons (Fsp3) is 0.200. The first kappa shape index (κ1) is 13.7. The Balaban J connectivity index is 2.06. The van der Waals surface area contributed by atoms with Gasteiger partial charge >= 0.3 is 0 Å². The van der Waals surface area contributed by atoms with Crippen molar-refractivity contribution in [2.75, 3.05) is 12.4 Å². The number of phenols is 1. The van der Waals surface area contributed by atoms with Crippen LogP contribution in [0.5, 0.6) is 5.75 Å². The lowest BCUT2D eigenvalue weighted by Crippen LogP contribution is -2.00. The molecule has 2 aromatic rings. The molecule has 2 aromatic carbocycles. The zero-order chi connectivity index (χ0) is 13.7. The van der Waals surface area contributed by atoms with E-state index in [2.05, 4.69) is 5.32 Å². The fourth-order valence-corrected chi connectivity index (χ4v) is 2.03. The third-order valence-electron chi connectivity index (χ3n) is 2.79. The van der Waals surface area contributed by atoms with Crippen LogP contribution in [0.15, 0.2) is 42.5 Å². The van der Waals surface area contributed by atoms with E-state index in [9.17, 15) is 5.11 Å². The number of benzene rings is 2. The molecule has 19 heavy (non-hydrogen) atoms. The first-order valence-electron chi connectivity index (χ1n) is 5.99. The van der Waals surface area contributed by atoms with Gasteiger partial charge in [0.2, 0.25) is 0 Å². The van der Waals surface area contributed by atoms with Gasteiger partial charge in [-0.1, -0.05) is 35.9 Å². The van der Waals surface area contributed by atoms with E-state index in [-0.39, 0.29) is 5.75 Å². The molecule has 3 nitrogen and oxygen atoms in total. The Kier molecular flexibility index (Phi) is 4.66. The topological polar surface area (TPSA) is 41.5 Å². The molecule has 4 heteroatoms. The monoisotopic (exact) mass is 277 g/mol. The minimum atomic E-state index is 0.129. The molecule has 0 aliphatic rings. The summed E-state index contributed by atoms with van der Waals surface area (Å²) in [5.41, 5.74) is 2.85. The number of hydrogen-bond donors (Lipinski definition) is 2. The predicted molar refractivity (Wildman–Crippen MR) is 77.6 cm³/mol. The molecule has 2 rings (SSSR count). The van der Waals surface area contributed by atoms with Crippen LogP contribution in [0, 0.1) is 0 Å². The lowest BCUT2D eigenvalue weighted by molar-refractivity contribution is 0.185. The Morgan fingerprint density at radius 1 is 1.21 bits per heavy atom. The predicted octanol–water partition coefficient (Wildman–Crippen LogP) is 3.80. The van der Waals surface area contributed by atoms with Gasteiger partial charge in [-0.15, -0.1) is 0 Å². The first-order chi connectivity index (χ1) is 9.20. The minimum absolute atomic E-state index is 0.129. The first-order valence-corrected chi connectivity index (χ1v) is 6.36. The van der Waals surface area contributed by atoms with Crippen LogP contribution in [-0.2, 0) is 17.9 Å². The number of methoxy groups -OCH3 is 1. The van der Waals surface area contributed by atoms with Gasteiger partial charge < -0.3 is 15.2 Å². The van der Waals surface area contributed by atoms with Crippen LogP contribution in [0.4, 0.5) is 5.69 Å². The quantitative estimate of drug-likeness (QED) is 0.873. The molecular formula is C15H16ClNO2. The van der Waals surface area contributed by atoms with Crippen molar-refractivity contribution in [3.05, 3.63) is 58.6 Å². The van der Waals surface area contributed by atoms with Gasteiger partial charge in [-0.2, -0.15) is 0 Å². The standard InChI is InChI=1S/C15H16ClNO2/c1-19-10-11-4-2-6-13(8-11)17-9-12-5-3-7-14(16)15(12)18/h2-8,17-18H,9-10H2,1H3. The van der Waals surface area contributed by atoms with Gasteiger partial charge in [-0.3, -0.25) is 0 Å². The van der Waals surface area contributed by atoms with E-state index in [1.54, 1.807) is 13.2 Å². The van der Waals surface area contributed by atoms with E-state index >= 15 is 0 Å². The summed E-state index contributed by atoms with van der Waals surface area (Å²) in [6, 6.07) is 13.3. The van der Waals surface area contributed by atoms with Crippen LogP contribution in [0.3, 0.4) is 0 Å². The molecule has 0 amide bonds. The highest BCUT2D eigenvalue weighted by Gasteiger charge is 2.04. The van der Waals surface area contributed by atoms with Gasteiger partial charge in [-0.05, 0) is 23.8 Å². The molecule has 0 atom stereocenters. The Morgan fingerprint density at radius 2 is 2.00 bits per heavy atom. The van der Waals surface area contributed by atoms with Crippen LogP contribution < -0.4 is 5.32 Å². The summed E-state index contributed by atoms with van der Waals surface area (Å²) in [5.74, 6) is 0.129. The second-order valence-electron chi connectivity index (χ2n) is 4.23. The van der Waals surface area contributed by atoms with E-state index in [1.165, 1.54) is 0 Å². The SMILES string of the molecule is COCc1cccc(NCc2cccc(Cl)c2O)c1. The van der Waals surface area contributed by atoms with E-state index < -0.39 is 0 Å². The Morgan fingerprint density at radius 3 is 2.79 bits per heavy atom. The molecule has 2 N–H and O–H groups in total. The molecular weight excluding hydrogens is 262 g/mol. The third kappa shape index (κ3) is 3.63. The van der Waals surface area contributed by atoms with Gasteiger partial charge in [0.05, 0.1) is 11.6 Å². The van der Waals surface area contributed by atoms with Crippen LogP contribution in [-0.4, -0.2) is 12.2 Å². The number of rotatable bonds is 5. The molecule has 0 aliphatic heterocycles. The molecule has 0 fully saturated rings. The number of aromatic hydroxyl groups is 1. The number of para-hydroxylation sites is 1. The summed E-state index contributed by atoms with van der Waals surface area (Å²) >= 11 is 5.87. The van der Waals surface area contributed by atoms with Crippen LogP contribution >= 0.6 is 11.6 Å². The summed E-state index contributed by atoms with van der Waals surface area (Å²) in [4.78, 5) is 0. The van der Waals surface area contributed by atoms with Crippen LogP contribution in [0.1, 0.15) is 11.1 Å². The van der Waals surface area contributed by atoms with Gasteiger partial charge in [0.1, 0.15) is 5.75 Å². The Hall–Kier alpha value is -1.71. The van der Waals surface area contributed by atoms with Crippen molar-refractivity contribution in [3.8, 4) is 5.75 Å². The van der Waals surface area contributed by atoms with Crippen LogP contribution in [0.25, 0.3) is 0 Å². The van der Waals surface area contributed by atoms with Crippen molar-refractivity contribution in [1.29, 1.82) is 0 Å². The minimum Gasteiger partial charge on any atom is -0.506 e. The summed E-state index contributed by atoms with van der Waals surface area (Å²) < 4.78 is 5.10. The highest BCUT2D eigenvalue weighted by atomic mass is 35.5. The smallest absolute Gasteiger partial charge is 0.139 e. The van der Waals surface area contributed by atoms with Gasteiger partial charge in [0.15, 0.2) is 0 Å². The maximum atomic E-state index is 9.82. The van der Waals surface area contributed by atoms with Crippen molar-refractivity contribution in [1.82, 2.24) is 0 Å². The molecule has 0 unspecified atom stereocenters. The lowest BCUT2D eigenvalue weighted by atomic mass is 10.1. The molecule has 0 bridgehead atoms. The summed E-state index contributed by atoms with van der Waals surface area (Å²) in [6.07, 6.45) is 0. The molecule has 0 spiro atoms. The summed E-state index contributed by atoms with van der Waals surface area (Å²) in [5, 5.41) is 13.4.